The molecule has 0 amide bonds. The average molecular weight is 509 g/mol. The Hall–Kier alpha value is -1.26. The summed E-state index contributed by atoms with van der Waals surface area (Å²) in [6.45, 7) is -2.85. The second-order valence-electron chi connectivity index (χ2n) is 6.98. The monoisotopic (exact) mass is 509 g/mol. The van der Waals surface area contributed by atoms with Gasteiger partial charge in [-0.15, -0.1) is 0 Å². The van der Waals surface area contributed by atoms with Gasteiger partial charge in [-0.2, -0.15) is 0 Å². The largest absolute Gasteiger partial charge is 0.394 e. The highest BCUT2D eigenvalue weighted by molar-refractivity contribution is 5.84. The molecule has 0 saturated carbocycles. The molecule has 17 nitrogen and oxygen atoms in total. The number of aliphatic hydroxyl groups is 13. The minimum absolute atomic E-state index is 0.0869. The van der Waals surface area contributed by atoms with Gasteiger partial charge in [0, 0.05) is 0 Å². The summed E-state index contributed by atoms with van der Waals surface area (Å²) in [5.41, 5.74) is 5.26. The molecule has 15 N–H and O–H groups in total. The van der Waals surface area contributed by atoms with Crippen LogP contribution in [0.4, 0.5) is 0 Å². The number of carbonyl (C=O) groups excluding carboxylic acids is 2. The molecule has 0 aromatic carbocycles. The van der Waals surface area contributed by atoms with Gasteiger partial charge in [0.05, 0.1) is 25.9 Å². The van der Waals surface area contributed by atoms with Gasteiger partial charge in [0.2, 0.25) is 0 Å². The number of ketones is 1. The molecular formula is C17H35NO16. The van der Waals surface area contributed by atoms with E-state index in [1.165, 1.54) is 0 Å². The van der Waals surface area contributed by atoms with Gasteiger partial charge in [0.15, 0.2) is 18.4 Å². The number of aldehydes is 1. The lowest BCUT2D eigenvalue weighted by Gasteiger charge is -2.38. The van der Waals surface area contributed by atoms with Crippen LogP contribution in [0.2, 0.25) is 0 Å². The molecule has 0 aliphatic carbocycles. The molecule has 34 heavy (non-hydrogen) atoms. The van der Waals surface area contributed by atoms with E-state index in [0.717, 1.165) is 0 Å². The predicted octanol–water partition coefficient (Wildman–Crippen LogP) is -9.37. The van der Waals surface area contributed by atoms with Crippen molar-refractivity contribution in [1.82, 2.24) is 0 Å². The molecule has 1 fully saturated rings. The molecule has 1 saturated heterocycles. The van der Waals surface area contributed by atoms with Crippen molar-refractivity contribution in [3.05, 3.63) is 0 Å². The van der Waals surface area contributed by atoms with Crippen LogP contribution < -0.4 is 5.73 Å². The molecule has 17 heteroatoms. The van der Waals surface area contributed by atoms with Gasteiger partial charge in [-0.3, -0.25) is 4.79 Å². The van der Waals surface area contributed by atoms with Crippen LogP contribution in [-0.2, 0) is 14.3 Å². The predicted molar refractivity (Wildman–Crippen MR) is 106 cm³/mol. The zero-order valence-corrected chi connectivity index (χ0v) is 17.9. The van der Waals surface area contributed by atoms with Gasteiger partial charge in [0.1, 0.15) is 61.5 Å². The summed E-state index contributed by atoms with van der Waals surface area (Å²) >= 11 is 0. The summed E-state index contributed by atoms with van der Waals surface area (Å²) in [6, 6.07) is -1.04. The molecule has 0 radical (unpaired) electrons. The van der Waals surface area contributed by atoms with Crippen molar-refractivity contribution < 1.29 is 80.7 Å². The van der Waals surface area contributed by atoms with Crippen molar-refractivity contribution in [3.63, 3.8) is 0 Å². The summed E-state index contributed by atoms with van der Waals surface area (Å²) in [5.74, 6) is -1.00. The van der Waals surface area contributed by atoms with E-state index in [-0.39, 0.29) is 6.29 Å². The van der Waals surface area contributed by atoms with E-state index in [1.54, 1.807) is 0 Å². The minimum atomic E-state index is -1.86. The van der Waals surface area contributed by atoms with Crippen LogP contribution >= 0.6 is 0 Å². The van der Waals surface area contributed by atoms with Crippen LogP contribution in [0, 0.1) is 0 Å². The number of rotatable bonds is 10. The lowest BCUT2D eigenvalue weighted by molar-refractivity contribution is -0.248. The zero-order chi connectivity index (χ0) is 27.2. The number of ether oxygens (including phenoxy) is 1. The highest BCUT2D eigenvalue weighted by Gasteiger charge is 2.41. The van der Waals surface area contributed by atoms with E-state index in [2.05, 4.69) is 0 Å². The topological polar surface area (TPSA) is 332 Å². The fourth-order valence-electron chi connectivity index (χ4n) is 2.14. The van der Waals surface area contributed by atoms with Crippen LogP contribution in [0.5, 0.6) is 0 Å². The molecular weight excluding hydrogens is 474 g/mol. The zero-order valence-electron chi connectivity index (χ0n) is 17.9. The third-order valence-corrected chi connectivity index (χ3v) is 4.41. The van der Waals surface area contributed by atoms with Gasteiger partial charge in [-0.05, 0) is 0 Å². The third-order valence-electron chi connectivity index (χ3n) is 4.41. The van der Waals surface area contributed by atoms with Crippen molar-refractivity contribution in [2.24, 2.45) is 5.73 Å². The molecule has 1 heterocycles. The molecule has 0 aromatic rings. The molecule has 0 aromatic heterocycles. The first-order chi connectivity index (χ1) is 15.7. The molecule has 204 valence electrons. The molecule has 11 atom stereocenters. The van der Waals surface area contributed by atoms with Crippen molar-refractivity contribution in [2.45, 2.75) is 67.3 Å². The third kappa shape index (κ3) is 11.4. The number of Topliss-reactive ketones (excluding diaryl/α,β-unsaturated/α-hetero) is 1. The lowest BCUT2D eigenvalue weighted by Crippen LogP contribution is -2.61. The highest BCUT2D eigenvalue weighted by atomic mass is 16.6. The number of carbonyl (C=O) groups is 2. The summed E-state index contributed by atoms with van der Waals surface area (Å²) in [7, 11) is 0. The Morgan fingerprint density at radius 3 is 1.71 bits per heavy atom. The van der Waals surface area contributed by atoms with Crippen molar-refractivity contribution in [1.29, 1.82) is 0 Å². The van der Waals surface area contributed by atoms with E-state index in [1.807, 2.05) is 0 Å². The Morgan fingerprint density at radius 1 is 0.853 bits per heavy atom. The summed E-state index contributed by atoms with van der Waals surface area (Å²) in [6.07, 6.45) is -14.7. The Labute approximate surface area is 193 Å². The maximum Gasteiger partial charge on any atom is 0.189 e. The molecule has 1 aliphatic rings. The van der Waals surface area contributed by atoms with Gasteiger partial charge >= 0.3 is 0 Å². The molecule has 0 bridgehead atoms. The highest BCUT2D eigenvalue weighted by Crippen LogP contribution is 2.17. The van der Waals surface area contributed by atoms with E-state index in [4.69, 9.17) is 66.6 Å². The quantitative estimate of drug-likeness (QED) is 0.121. The van der Waals surface area contributed by atoms with Crippen LogP contribution in [0.1, 0.15) is 0 Å². The van der Waals surface area contributed by atoms with E-state index in [0.29, 0.717) is 0 Å². The van der Waals surface area contributed by atoms with Crippen LogP contribution in [0.25, 0.3) is 0 Å². The number of hydrogen-bond acceptors (Lipinski definition) is 17. The molecule has 0 spiro atoms. The van der Waals surface area contributed by atoms with Gasteiger partial charge < -0.3 is 81.6 Å². The second kappa shape index (κ2) is 18.1. The Kier molecular flexibility index (Phi) is 18.6. The Morgan fingerprint density at radius 2 is 1.32 bits per heavy atom. The van der Waals surface area contributed by atoms with Crippen LogP contribution in [0.3, 0.4) is 0 Å². The van der Waals surface area contributed by atoms with E-state index in [9.17, 15) is 19.8 Å². The first kappa shape index (κ1) is 34.9. The van der Waals surface area contributed by atoms with Gasteiger partial charge in [-0.1, -0.05) is 0 Å². The Bertz CT molecular complexity index is 551. The lowest BCUT2D eigenvalue weighted by atomic mass is 9.98. The number of aliphatic hydroxyl groups excluding tert-OH is 13. The first-order valence-corrected chi connectivity index (χ1v) is 9.70. The molecule has 1 aliphatic heterocycles. The van der Waals surface area contributed by atoms with E-state index < -0.39 is 99.5 Å². The number of nitrogens with two attached hydrogens (primary N) is 1. The molecule has 1 unspecified atom stereocenters. The smallest absolute Gasteiger partial charge is 0.189 e. The minimum Gasteiger partial charge on any atom is -0.394 e. The van der Waals surface area contributed by atoms with E-state index >= 15 is 0 Å². The normalized spacial score (nSPS) is 29.6. The van der Waals surface area contributed by atoms with Crippen LogP contribution in [0.15, 0.2) is 0 Å². The molecule has 1 rings (SSSR count). The van der Waals surface area contributed by atoms with Crippen LogP contribution in [-0.4, -0.2) is 172 Å². The summed E-state index contributed by atoms with van der Waals surface area (Å²) in [4.78, 5) is 20.3. The van der Waals surface area contributed by atoms with Crippen molar-refractivity contribution in [2.75, 3.05) is 26.4 Å². The first-order valence-electron chi connectivity index (χ1n) is 9.70. The van der Waals surface area contributed by atoms with Crippen molar-refractivity contribution >= 4 is 12.1 Å². The van der Waals surface area contributed by atoms with Gasteiger partial charge in [0.25, 0.3) is 0 Å². The summed E-state index contributed by atoms with van der Waals surface area (Å²) in [5, 5.41) is 113. The van der Waals surface area contributed by atoms with Crippen molar-refractivity contribution in [3.8, 4) is 0 Å². The van der Waals surface area contributed by atoms with Gasteiger partial charge in [-0.25, -0.2) is 0 Å². The Balaban J connectivity index is 0. The standard InChI is InChI=1S/C6H13NO5.C6H12O6.C5H10O5/c7-3-5(10)4(9)2(1-8)12-6(3)11;7-1-3(9)5(11)6(12)4(10)2-8;6-1-3(8)5(10)4(9)2-7/h2-6,8-11H,1,7H2;3,5-9,11-12H,1-2H2;1,3-5,7-10H,2H2/t2-,3-,4-,5-,6?;3-,5+,6+;3-,4+,5-/m100/s1. The fraction of sp³-hybridized carbons (Fsp3) is 0.882. The average Bonchev–Trinajstić information content (AvgIpc) is 2.86. The maximum absolute atomic E-state index is 10.5. The fourth-order valence-corrected chi connectivity index (χ4v) is 2.14. The summed E-state index contributed by atoms with van der Waals surface area (Å²) < 4.78 is 4.70. The second-order valence-corrected chi connectivity index (χ2v) is 6.98. The SMILES string of the molecule is N[C@H]1C(O)O[C@H](CO)[C@@H](O)[C@@H]1O.O=C(CO)[C@@H](O)[C@H](O)[C@@H](O)CO.O=C[C@H](O)[C@H](O)[C@H](O)CO. The maximum atomic E-state index is 10.5. The number of hydrogen-bond donors (Lipinski definition) is 14.